The number of ether oxygens (including phenoxy) is 1. The number of nitrogens with zero attached hydrogens (tertiary/aromatic N) is 2. The Morgan fingerprint density at radius 1 is 1.09 bits per heavy atom. The minimum atomic E-state index is -1.41. The molecule has 3 unspecified atom stereocenters. The molecule has 2 rings (SSSR count). The Bertz CT molecular complexity index is 733. The quantitative estimate of drug-likeness (QED) is 0.522. The van der Waals surface area contributed by atoms with E-state index in [2.05, 4.69) is 0 Å². The molecule has 1 heterocycles. The summed E-state index contributed by atoms with van der Waals surface area (Å²) in [5.41, 5.74) is 1.18. The van der Waals surface area contributed by atoms with E-state index in [0.29, 0.717) is 19.5 Å². The van der Waals surface area contributed by atoms with Crippen LogP contribution in [0.2, 0.25) is 0 Å². The van der Waals surface area contributed by atoms with Crippen LogP contribution in [0.15, 0.2) is 30.3 Å². The maximum absolute atomic E-state index is 13.0. The lowest BCUT2D eigenvalue weighted by atomic mass is 9.95. The first kappa shape index (κ1) is 25.7. The highest BCUT2D eigenvalue weighted by Crippen LogP contribution is 2.19. The van der Waals surface area contributed by atoms with Crippen LogP contribution in [-0.2, 0) is 20.7 Å². The molecule has 2 amide bonds. The number of likely N-dealkylation sites (tertiary alicyclic amines) is 1. The van der Waals surface area contributed by atoms with Crippen molar-refractivity contribution in [3.05, 3.63) is 35.9 Å². The molecule has 3 atom stereocenters. The maximum atomic E-state index is 13.0. The van der Waals surface area contributed by atoms with Crippen molar-refractivity contribution in [3.8, 4) is 0 Å². The molecular weight excluding hydrogens is 408 g/mol. The van der Waals surface area contributed by atoms with Gasteiger partial charge in [0.1, 0.15) is 12.1 Å². The zero-order valence-electron chi connectivity index (χ0n) is 19.6. The van der Waals surface area contributed by atoms with E-state index in [0.717, 1.165) is 38.5 Å². The van der Waals surface area contributed by atoms with Crippen molar-refractivity contribution in [1.29, 1.82) is 0 Å². The lowest BCUT2D eigenvalue weighted by Gasteiger charge is -2.34. The zero-order valence-corrected chi connectivity index (χ0v) is 19.6. The molecule has 1 aromatic rings. The summed E-state index contributed by atoms with van der Waals surface area (Å²) in [5.74, 6) is -1.47. The Kier molecular flexibility index (Phi) is 10.5. The van der Waals surface area contributed by atoms with E-state index in [1.807, 2.05) is 44.2 Å². The highest BCUT2D eigenvalue weighted by Gasteiger charge is 2.32. The van der Waals surface area contributed by atoms with Crippen molar-refractivity contribution in [3.63, 3.8) is 0 Å². The number of hydrogen-bond acceptors (Lipinski definition) is 5. The molecule has 0 spiro atoms. The minimum Gasteiger partial charge on any atom is -0.546 e. The van der Waals surface area contributed by atoms with Crippen LogP contribution in [0.1, 0.15) is 64.4 Å². The number of aryl methyl sites for hydroxylation is 1. The average Bonchev–Trinajstić information content (AvgIpc) is 2.81. The minimum absolute atomic E-state index is 0.0256. The highest BCUT2D eigenvalue weighted by atomic mass is 16.6. The maximum Gasteiger partial charge on any atom is 0.410 e. The van der Waals surface area contributed by atoms with Crippen molar-refractivity contribution in [2.24, 2.45) is 5.92 Å². The summed E-state index contributed by atoms with van der Waals surface area (Å²) in [6.07, 6.45) is 3.89. The van der Waals surface area contributed by atoms with Gasteiger partial charge in [0.2, 0.25) is 5.91 Å². The van der Waals surface area contributed by atoms with E-state index in [9.17, 15) is 19.5 Å². The van der Waals surface area contributed by atoms with Crippen molar-refractivity contribution < 1.29 is 24.2 Å². The summed E-state index contributed by atoms with van der Waals surface area (Å²) in [7, 11) is 1.51. The van der Waals surface area contributed by atoms with E-state index in [1.54, 1.807) is 4.90 Å². The Hall–Kier alpha value is -2.57. The smallest absolute Gasteiger partial charge is 0.410 e. The normalized spacial score (nSPS) is 16.7. The number of aliphatic carboxylic acids is 1. The van der Waals surface area contributed by atoms with Crippen LogP contribution in [0.4, 0.5) is 4.79 Å². The summed E-state index contributed by atoms with van der Waals surface area (Å²) in [6.45, 7) is 5.29. The van der Waals surface area contributed by atoms with Crippen LogP contribution in [-0.4, -0.2) is 60.1 Å². The molecule has 7 heteroatoms. The third-order valence-electron chi connectivity index (χ3n) is 6.16. The third kappa shape index (κ3) is 7.84. The Balaban J connectivity index is 1.94. The van der Waals surface area contributed by atoms with Crippen LogP contribution >= 0.6 is 0 Å². The van der Waals surface area contributed by atoms with Crippen LogP contribution in [0, 0.1) is 5.92 Å². The molecule has 178 valence electrons. The first-order valence-corrected chi connectivity index (χ1v) is 11.8. The molecule has 1 aliphatic rings. The van der Waals surface area contributed by atoms with E-state index in [4.69, 9.17) is 4.74 Å². The number of amides is 2. The summed E-state index contributed by atoms with van der Waals surface area (Å²) >= 11 is 0. The number of likely N-dealkylation sites (N-methyl/N-ethyl adjacent to an activating group) is 1. The van der Waals surface area contributed by atoms with E-state index >= 15 is 0 Å². The van der Waals surface area contributed by atoms with Gasteiger partial charge in [-0.15, -0.1) is 0 Å². The first-order valence-electron chi connectivity index (χ1n) is 11.8. The number of carboxylic acids is 1. The molecule has 0 bridgehead atoms. The van der Waals surface area contributed by atoms with Gasteiger partial charge < -0.3 is 19.5 Å². The van der Waals surface area contributed by atoms with Gasteiger partial charge in [-0.25, -0.2) is 4.79 Å². The van der Waals surface area contributed by atoms with Gasteiger partial charge in [-0.05, 0) is 56.4 Å². The number of piperidine rings is 1. The van der Waals surface area contributed by atoms with E-state index in [-0.39, 0.29) is 18.2 Å². The SMILES string of the molecule is CCCC(C(=O)N1CCCCC1)N(C)C(=O)OC(CC(C)CCc1ccccc1)C(=O)[O-]. The van der Waals surface area contributed by atoms with E-state index < -0.39 is 24.2 Å². The van der Waals surface area contributed by atoms with Gasteiger partial charge >= 0.3 is 6.09 Å². The molecule has 0 aliphatic carbocycles. The Morgan fingerprint density at radius 3 is 2.34 bits per heavy atom. The van der Waals surface area contributed by atoms with Gasteiger partial charge in [0.25, 0.3) is 0 Å². The van der Waals surface area contributed by atoms with Crippen LogP contribution in [0.5, 0.6) is 0 Å². The number of hydrogen-bond donors (Lipinski definition) is 0. The van der Waals surface area contributed by atoms with Gasteiger partial charge in [-0.3, -0.25) is 9.69 Å². The second-order valence-electron chi connectivity index (χ2n) is 8.86. The second kappa shape index (κ2) is 13.1. The molecule has 0 radical (unpaired) electrons. The molecule has 1 aromatic carbocycles. The van der Waals surface area contributed by atoms with Gasteiger partial charge in [-0.2, -0.15) is 0 Å². The van der Waals surface area contributed by atoms with Crippen LogP contribution < -0.4 is 5.11 Å². The molecule has 1 fully saturated rings. The monoisotopic (exact) mass is 445 g/mol. The molecule has 0 aromatic heterocycles. The number of benzene rings is 1. The molecule has 7 nitrogen and oxygen atoms in total. The fraction of sp³-hybridized carbons (Fsp3) is 0.640. The Labute approximate surface area is 191 Å². The van der Waals surface area contributed by atoms with Gasteiger partial charge in [0.05, 0.1) is 5.97 Å². The first-order chi connectivity index (χ1) is 15.3. The number of rotatable bonds is 11. The topological polar surface area (TPSA) is 90.0 Å². The average molecular weight is 446 g/mol. The van der Waals surface area contributed by atoms with E-state index in [1.165, 1.54) is 17.5 Å². The summed E-state index contributed by atoms with van der Waals surface area (Å²) in [6, 6.07) is 9.31. The molecule has 32 heavy (non-hydrogen) atoms. The predicted molar refractivity (Wildman–Crippen MR) is 121 cm³/mol. The summed E-state index contributed by atoms with van der Waals surface area (Å²) in [5, 5.41) is 11.7. The molecular formula is C25H37N2O5-. The third-order valence-corrected chi connectivity index (χ3v) is 6.16. The predicted octanol–water partition coefficient (Wildman–Crippen LogP) is 3.01. The van der Waals surface area contributed by atoms with Crippen molar-refractivity contribution >= 4 is 18.0 Å². The van der Waals surface area contributed by atoms with Crippen LogP contribution in [0.3, 0.4) is 0 Å². The van der Waals surface area contributed by atoms with Crippen LogP contribution in [0.25, 0.3) is 0 Å². The lowest BCUT2D eigenvalue weighted by Crippen LogP contribution is -2.52. The zero-order chi connectivity index (χ0) is 23.5. The summed E-state index contributed by atoms with van der Waals surface area (Å²) < 4.78 is 5.32. The van der Waals surface area contributed by atoms with Gasteiger partial charge in [-0.1, -0.05) is 50.6 Å². The summed E-state index contributed by atoms with van der Waals surface area (Å²) in [4.78, 5) is 40.5. The lowest BCUT2D eigenvalue weighted by molar-refractivity contribution is -0.315. The van der Waals surface area contributed by atoms with Crippen molar-refractivity contribution in [2.75, 3.05) is 20.1 Å². The van der Waals surface area contributed by atoms with Crippen molar-refractivity contribution in [2.45, 2.75) is 77.4 Å². The number of carbonyl (C=O) groups excluding carboxylic acids is 3. The number of carboxylic acid groups (broad SMARTS) is 1. The fourth-order valence-corrected chi connectivity index (χ4v) is 4.15. The molecule has 1 saturated heterocycles. The molecule has 1 aliphatic heterocycles. The molecule has 0 N–H and O–H groups in total. The Morgan fingerprint density at radius 2 is 1.75 bits per heavy atom. The van der Waals surface area contributed by atoms with Gasteiger partial charge in [0, 0.05) is 20.1 Å². The van der Waals surface area contributed by atoms with Gasteiger partial charge in [0.15, 0.2) is 0 Å². The number of carbonyl (C=O) groups is 3. The second-order valence-corrected chi connectivity index (χ2v) is 8.86. The molecule has 0 saturated carbocycles. The fourth-order valence-electron chi connectivity index (χ4n) is 4.15. The largest absolute Gasteiger partial charge is 0.546 e. The standard InChI is InChI=1S/C25H38N2O5/c1-4-11-21(23(28)27-16-9-6-10-17-27)26(3)25(31)32-22(24(29)30)18-19(2)14-15-20-12-7-5-8-13-20/h5,7-8,12-13,19,21-22H,4,6,9-11,14-18H2,1-3H3,(H,29,30)/p-1. The highest BCUT2D eigenvalue weighted by molar-refractivity contribution is 5.86. The van der Waals surface area contributed by atoms with Crippen molar-refractivity contribution in [1.82, 2.24) is 9.80 Å².